The molecule has 3 heteroatoms. The van der Waals surface area contributed by atoms with Gasteiger partial charge in [0.25, 0.3) is 0 Å². The SMILES string of the molecule is CC1SCCC1(O)c1cccc(C#N)c1. The van der Waals surface area contributed by atoms with Gasteiger partial charge in [-0.25, -0.2) is 0 Å². The standard InChI is InChI=1S/C12H13NOS/c1-9-12(14,5-6-15-9)11-4-2-3-10(7-11)8-13/h2-4,7,9,14H,5-6H2,1H3. The largest absolute Gasteiger partial charge is 0.384 e. The van der Waals surface area contributed by atoms with Crippen molar-refractivity contribution in [3.05, 3.63) is 35.4 Å². The van der Waals surface area contributed by atoms with E-state index in [0.29, 0.717) is 5.56 Å². The van der Waals surface area contributed by atoms with Crippen molar-refractivity contribution in [1.29, 1.82) is 5.26 Å². The molecule has 0 radical (unpaired) electrons. The molecule has 2 unspecified atom stereocenters. The lowest BCUT2D eigenvalue weighted by atomic mass is 9.88. The van der Waals surface area contributed by atoms with E-state index >= 15 is 0 Å². The van der Waals surface area contributed by atoms with E-state index in [4.69, 9.17) is 5.26 Å². The molecule has 2 rings (SSSR count). The lowest BCUT2D eigenvalue weighted by molar-refractivity contribution is 0.0427. The molecule has 78 valence electrons. The number of aliphatic hydroxyl groups is 1. The average molecular weight is 219 g/mol. The van der Waals surface area contributed by atoms with Gasteiger partial charge in [-0.15, -0.1) is 0 Å². The van der Waals surface area contributed by atoms with Crippen LogP contribution in [0, 0.1) is 11.3 Å². The van der Waals surface area contributed by atoms with E-state index in [1.165, 1.54) is 0 Å². The molecule has 1 saturated heterocycles. The van der Waals surface area contributed by atoms with Crippen LogP contribution in [-0.4, -0.2) is 16.1 Å². The number of nitriles is 1. The molecule has 2 atom stereocenters. The van der Waals surface area contributed by atoms with Crippen LogP contribution in [0.25, 0.3) is 0 Å². The van der Waals surface area contributed by atoms with Crippen molar-refractivity contribution in [2.24, 2.45) is 0 Å². The van der Waals surface area contributed by atoms with Gasteiger partial charge in [-0.2, -0.15) is 17.0 Å². The third kappa shape index (κ3) is 1.75. The number of hydrogen-bond donors (Lipinski definition) is 1. The van der Waals surface area contributed by atoms with Crippen LogP contribution in [0.4, 0.5) is 0 Å². The molecule has 0 saturated carbocycles. The fraction of sp³-hybridized carbons (Fsp3) is 0.417. The fourth-order valence-electron chi connectivity index (χ4n) is 1.97. The molecule has 1 N–H and O–H groups in total. The lowest BCUT2D eigenvalue weighted by Crippen LogP contribution is -2.31. The van der Waals surface area contributed by atoms with E-state index in [1.807, 2.05) is 19.1 Å². The maximum atomic E-state index is 10.5. The zero-order chi connectivity index (χ0) is 10.9. The van der Waals surface area contributed by atoms with Crippen LogP contribution in [-0.2, 0) is 5.60 Å². The van der Waals surface area contributed by atoms with Gasteiger partial charge in [-0.3, -0.25) is 0 Å². The Bertz CT molecular complexity index is 412. The second-order valence-electron chi connectivity index (χ2n) is 3.88. The normalized spacial score (nSPS) is 30.1. The predicted molar refractivity (Wildman–Crippen MR) is 61.6 cm³/mol. The first-order valence-corrected chi connectivity index (χ1v) is 6.06. The van der Waals surface area contributed by atoms with Crippen LogP contribution in [0.1, 0.15) is 24.5 Å². The Labute approximate surface area is 93.9 Å². The first kappa shape index (κ1) is 10.5. The molecule has 1 aromatic rings. The Morgan fingerprint density at radius 1 is 1.60 bits per heavy atom. The third-order valence-corrected chi connectivity index (χ3v) is 4.34. The molecule has 0 bridgehead atoms. The first-order chi connectivity index (χ1) is 7.16. The van der Waals surface area contributed by atoms with Crippen LogP contribution in [0.5, 0.6) is 0 Å². The van der Waals surface area contributed by atoms with Crippen LogP contribution < -0.4 is 0 Å². The van der Waals surface area contributed by atoms with E-state index in [9.17, 15) is 5.11 Å². The van der Waals surface area contributed by atoms with Crippen molar-refractivity contribution in [2.45, 2.75) is 24.2 Å². The summed E-state index contributed by atoms with van der Waals surface area (Å²) in [6.45, 7) is 2.04. The molecule has 0 amide bonds. The summed E-state index contributed by atoms with van der Waals surface area (Å²) >= 11 is 1.78. The molecule has 0 aromatic heterocycles. The summed E-state index contributed by atoms with van der Waals surface area (Å²) in [6.07, 6.45) is 0.772. The highest BCUT2D eigenvalue weighted by molar-refractivity contribution is 8.00. The van der Waals surface area contributed by atoms with Gasteiger partial charge in [0.15, 0.2) is 0 Å². The number of hydrogen-bond acceptors (Lipinski definition) is 3. The van der Waals surface area contributed by atoms with Crippen molar-refractivity contribution in [2.75, 3.05) is 5.75 Å². The molecule has 1 aliphatic rings. The van der Waals surface area contributed by atoms with E-state index in [2.05, 4.69) is 6.07 Å². The zero-order valence-corrected chi connectivity index (χ0v) is 9.42. The Kier molecular flexibility index (Phi) is 2.72. The van der Waals surface area contributed by atoms with E-state index in [1.54, 1.807) is 23.9 Å². The Hall–Kier alpha value is -0.980. The van der Waals surface area contributed by atoms with Crippen molar-refractivity contribution in [3.63, 3.8) is 0 Å². The Morgan fingerprint density at radius 2 is 2.40 bits per heavy atom. The van der Waals surface area contributed by atoms with Crippen molar-refractivity contribution in [3.8, 4) is 6.07 Å². The summed E-state index contributed by atoms with van der Waals surface area (Å²) in [5.74, 6) is 0.981. The number of rotatable bonds is 1. The molecule has 2 nitrogen and oxygen atoms in total. The van der Waals surface area contributed by atoms with Gasteiger partial charge in [0.1, 0.15) is 5.60 Å². The number of thioether (sulfide) groups is 1. The molecule has 1 aliphatic heterocycles. The highest BCUT2D eigenvalue weighted by Gasteiger charge is 2.40. The predicted octanol–water partition coefficient (Wildman–Crippen LogP) is 2.27. The average Bonchev–Trinajstić information content (AvgIpc) is 2.61. The minimum absolute atomic E-state index is 0.200. The Morgan fingerprint density at radius 3 is 3.00 bits per heavy atom. The van der Waals surface area contributed by atoms with Gasteiger partial charge in [-0.1, -0.05) is 19.1 Å². The zero-order valence-electron chi connectivity index (χ0n) is 8.60. The third-order valence-electron chi connectivity index (χ3n) is 3.02. The van der Waals surface area contributed by atoms with Gasteiger partial charge in [-0.05, 0) is 29.9 Å². The number of nitrogens with zero attached hydrogens (tertiary/aromatic N) is 1. The summed E-state index contributed by atoms with van der Waals surface area (Å²) < 4.78 is 0. The van der Waals surface area contributed by atoms with Gasteiger partial charge >= 0.3 is 0 Å². The van der Waals surface area contributed by atoms with Gasteiger partial charge in [0.2, 0.25) is 0 Å². The molecule has 1 heterocycles. The van der Waals surface area contributed by atoms with Crippen LogP contribution in [0.15, 0.2) is 24.3 Å². The second kappa shape index (κ2) is 3.88. The molecular weight excluding hydrogens is 206 g/mol. The quantitative estimate of drug-likeness (QED) is 0.788. The van der Waals surface area contributed by atoms with Crippen LogP contribution in [0.2, 0.25) is 0 Å². The molecule has 1 aromatic carbocycles. The summed E-state index contributed by atoms with van der Waals surface area (Å²) in [4.78, 5) is 0. The van der Waals surface area contributed by atoms with E-state index < -0.39 is 5.60 Å². The van der Waals surface area contributed by atoms with Crippen LogP contribution >= 0.6 is 11.8 Å². The van der Waals surface area contributed by atoms with Crippen LogP contribution in [0.3, 0.4) is 0 Å². The summed E-state index contributed by atoms with van der Waals surface area (Å²) in [5.41, 5.74) is 0.737. The van der Waals surface area contributed by atoms with Crippen molar-refractivity contribution < 1.29 is 5.11 Å². The minimum Gasteiger partial charge on any atom is -0.384 e. The van der Waals surface area contributed by atoms with E-state index in [0.717, 1.165) is 17.7 Å². The first-order valence-electron chi connectivity index (χ1n) is 5.01. The summed E-state index contributed by atoms with van der Waals surface area (Å²) in [7, 11) is 0. The maximum Gasteiger partial charge on any atom is 0.102 e. The van der Waals surface area contributed by atoms with Crippen molar-refractivity contribution in [1.82, 2.24) is 0 Å². The molecule has 15 heavy (non-hydrogen) atoms. The number of benzene rings is 1. The highest BCUT2D eigenvalue weighted by atomic mass is 32.2. The highest BCUT2D eigenvalue weighted by Crippen LogP contribution is 2.42. The lowest BCUT2D eigenvalue weighted by Gasteiger charge is -2.27. The molecular formula is C12H13NOS. The molecule has 0 aliphatic carbocycles. The smallest absolute Gasteiger partial charge is 0.102 e. The van der Waals surface area contributed by atoms with Crippen molar-refractivity contribution >= 4 is 11.8 Å². The fourth-order valence-corrected chi connectivity index (χ4v) is 3.28. The molecule has 1 fully saturated rings. The maximum absolute atomic E-state index is 10.5. The summed E-state index contributed by atoms with van der Waals surface area (Å²) in [5, 5.41) is 19.5. The topological polar surface area (TPSA) is 44.0 Å². The van der Waals surface area contributed by atoms with E-state index in [-0.39, 0.29) is 5.25 Å². The minimum atomic E-state index is -0.752. The van der Waals surface area contributed by atoms with Gasteiger partial charge in [0.05, 0.1) is 11.6 Å². The molecule has 0 spiro atoms. The van der Waals surface area contributed by atoms with Gasteiger partial charge in [0, 0.05) is 5.25 Å². The van der Waals surface area contributed by atoms with Gasteiger partial charge < -0.3 is 5.11 Å². The monoisotopic (exact) mass is 219 g/mol. The second-order valence-corrected chi connectivity index (χ2v) is 5.33. The summed E-state index contributed by atoms with van der Waals surface area (Å²) in [6, 6.07) is 9.40. The Balaban J connectivity index is 2.41.